The Bertz CT molecular complexity index is 850. The van der Waals surface area contributed by atoms with Crippen LogP contribution in [0, 0.1) is 12.7 Å². The first-order chi connectivity index (χ1) is 11.3. The smallest absolute Gasteiger partial charge is 0.213 e. The molecule has 7 heteroatoms. The number of hydrogen-bond donors (Lipinski definition) is 0. The van der Waals surface area contributed by atoms with Gasteiger partial charge in [-0.25, -0.2) is 17.8 Å². The summed E-state index contributed by atoms with van der Waals surface area (Å²) < 4.78 is 40.9. The fourth-order valence-corrected chi connectivity index (χ4v) is 2.87. The van der Waals surface area contributed by atoms with Crippen molar-refractivity contribution in [3.05, 3.63) is 47.4 Å². The van der Waals surface area contributed by atoms with E-state index in [1.54, 1.807) is 25.1 Å². The van der Waals surface area contributed by atoms with E-state index in [9.17, 15) is 17.6 Å². The molecule has 0 amide bonds. The lowest BCUT2D eigenvalue weighted by Crippen LogP contribution is -2.08. The summed E-state index contributed by atoms with van der Waals surface area (Å²) in [7, 11) is -3.00. The van der Waals surface area contributed by atoms with Gasteiger partial charge in [0.15, 0.2) is 6.29 Å². The van der Waals surface area contributed by atoms with Crippen LogP contribution < -0.4 is 4.74 Å². The molecule has 128 valence electrons. The van der Waals surface area contributed by atoms with Crippen LogP contribution in [0.25, 0.3) is 11.1 Å². The van der Waals surface area contributed by atoms with E-state index in [1.807, 2.05) is 0 Å². The second-order valence-corrected chi connectivity index (χ2v) is 7.73. The topological polar surface area (TPSA) is 73.3 Å². The highest BCUT2D eigenvalue weighted by atomic mass is 32.2. The largest absolute Gasteiger partial charge is 0.478 e. The molecule has 24 heavy (non-hydrogen) atoms. The Balaban J connectivity index is 2.11. The lowest BCUT2D eigenvalue weighted by atomic mass is 10.0. The average molecular weight is 351 g/mol. The van der Waals surface area contributed by atoms with Crippen molar-refractivity contribution in [1.29, 1.82) is 0 Å². The molecule has 0 fully saturated rings. The molecular weight excluding hydrogens is 333 g/mol. The number of pyridine rings is 1. The van der Waals surface area contributed by atoms with E-state index in [1.165, 1.54) is 18.4 Å². The number of nitrogens with zero attached hydrogens (tertiary/aromatic N) is 1. The van der Waals surface area contributed by atoms with Crippen LogP contribution in [0.4, 0.5) is 4.39 Å². The van der Waals surface area contributed by atoms with Gasteiger partial charge in [0, 0.05) is 23.6 Å². The first-order valence-corrected chi connectivity index (χ1v) is 9.39. The second kappa shape index (κ2) is 7.53. The number of aryl methyl sites for hydroxylation is 1. The maximum absolute atomic E-state index is 13.4. The molecule has 1 aromatic carbocycles. The van der Waals surface area contributed by atoms with Crippen molar-refractivity contribution in [3.8, 4) is 17.0 Å². The highest BCUT2D eigenvalue weighted by molar-refractivity contribution is 7.90. The van der Waals surface area contributed by atoms with Crippen LogP contribution in [-0.2, 0) is 9.84 Å². The highest BCUT2D eigenvalue weighted by Gasteiger charge is 2.09. The Labute approximate surface area is 140 Å². The minimum Gasteiger partial charge on any atom is -0.478 e. The summed E-state index contributed by atoms with van der Waals surface area (Å²) in [6.45, 7) is 2.04. The Hall–Kier alpha value is -2.28. The van der Waals surface area contributed by atoms with Crippen molar-refractivity contribution in [2.45, 2.75) is 13.3 Å². The molecule has 1 heterocycles. The number of carbonyl (C=O) groups is 1. The molecule has 0 saturated carbocycles. The minimum atomic E-state index is -3.00. The third kappa shape index (κ3) is 4.86. The molecule has 0 N–H and O–H groups in total. The summed E-state index contributed by atoms with van der Waals surface area (Å²) in [5.74, 6) is -0.110. The molecule has 0 spiro atoms. The average Bonchev–Trinajstić information content (AvgIpc) is 2.51. The van der Waals surface area contributed by atoms with E-state index >= 15 is 0 Å². The summed E-state index contributed by atoms with van der Waals surface area (Å²) in [4.78, 5) is 15.2. The van der Waals surface area contributed by atoms with Crippen molar-refractivity contribution < 1.29 is 22.3 Å². The number of ether oxygens (including phenoxy) is 1. The molecule has 5 nitrogen and oxygen atoms in total. The van der Waals surface area contributed by atoms with Crippen LogP contribution in [0.2, 0.25) is 0 Å². The predicted molar refractivity (Wildman–Crippen MR) is 89.6 cm³/mol. The van der Waals surface area contributed by atoms with Crippen LogP contribution in [0.3, 0.4) is 0 Å². The molecule has 0 aliphatic rings. The molecule has 2 aromatic rings. The molecule has 0 aliphatic heterocycles. The number of halogens is 1. The minimum absolute atomic E-state index is 0.00648. The molecule has 1 aromatic heterocycles. The number of aromatic nitrogens is 1. The van der Waals surface area contributed by atoms with E-state index < -0.39 is 15.7 Å². The quantitative estimate of drug-likeness (QED) is 0.566. The molecule has 0 radical (unpaired) electrons. The van der Waals surface area contributed by atoms with Crippen LogP contribution in [0.15, 0.2) is 30.3 Å². The van der Waals surface area contributed by atoms with Gasteiger partial charge in [-0.05, 0) is 37.1 Å². The number of sulfone groups is 1. The lowest BCUT2D eigenvalue weighted by molar-refractivity contribution is 0.112. The SMILES string of the molecule is Cc1nc(OCCCS(C)(=O)=O)ccc1-c1ccc(F)c(C=O)c1. The zero-order valence-electron chi connectivity index (χ0n) is 13.5. The monoisotopic (exact) mass is 351 g/mol. The summed E-state index contributed by atoms with van der Waals surface area (Å²) in [5, 5.41) is 0. The van der Waals surface area contributed by atoms with E-state index in [2.05, 4.69) is 4.98 Å². The molecule has 0 saturated heterocycles. The van der Waals surface area contributed by atoms with Gasteiger partial charge in [0.1, 0.15) is 15.7 Å². The molecular formula is C17H18FNO4S. The van der Waals surface area contributed by atoms with Gasteiger partial charge in [0.2, 0.25) is 5.88 Å². The normalized spacial score (nSPS) is 11.3. The van der Waals surface area contributed by atoms with E-state index in [-0.39, 0.29) is 17.9 Å². The molecule has 0 unspecified atom stereocenters. The fourth-order valence-electron chi connectivity index (χ4n) is 2.22. The first-order valence-electron chi connectivity index (χ1n) is 7.33. The van der Waals surface area contributed by atoms with Gasteiger partial charge in [0.05, 0.1) is 17.9 Å². The number of rotatable bonds is 7. The Morgan fingerprint density at radius 1 is 1.25 bits per heavy atom. The van der Waals surface area contributed by atoms with Gasteiger partial charge in [-0.15, -0.1) is 0 Å². The Kier molecular flexibility index (Phi) is 5.66. The molecule has 0 aliphatic carbocycles. The number of carbonyl (C=O) groups excluding carboxylic acids is 1. The third-order valence-corrected chi connectivity index (χ3v) is 4.43. The molecule has 2 rings (SSSR count). The van der Waals surface area contributed by atoms with Gasteiger partial charge >= 0.3 is 0 Å². The molecule has 0 atom stereocenters. The van der Waals surface area contributed by atoms with Gasteiger partial charge < -0.3 is 4.74 Å². The van der Waals surface area contributed by atoms with Crippen molar-refractivity contribution in [2.24, 2.45) is 0 Å². The van der Waals surface area contributed by atoms with Crippen molar-refractivity contribution in [3.63, 3.8) is 0 Å². The zero-order valence-corrected chi connectivity index (χ0v) is 14.3. The van der Waals surface area contributed by atoms with Crippen LogP contribution in [0.1, 0.15) is 22.5 Å². The maximum Gasteiger partial charge on any atom is 0.213 e. The Morgan fingerprint density at radius 3 is 2.62 bits per heavy atom. The van der Waals surface area contributed by atoms with Crippen LogP contribution >= 0.6 is 0 Å². The van der Waals surface area contributed by atoms with E-state index in [0.29, 0.717) is 29.8 Å². The summed E-state index contributed by atoms with van der Waals surface area (Å²) in [5.41, 5.74) is 2.11. The maximum atomic E-state index is 13.4. The van der Waals surface area contributed by atoms with Gasteiger partial charge in [0.25, 0.3) is 0 Å². The van der Waals surface area contributed by atoms with Crippen molar-refractivity contribution >= 4 is 16.1 Å². The summed E-state index contributed by atoms with van der Waals surface area (Å²) >= 11 is 0. The standard InChI is InChI=1S/C17H18FNO4S/c1-12-15(13-4-6-16(18)14(10-13)11-20)5-7-17(19-12)23-8-3-9-24(2,21)22/h4-7,10-11H,3,8-9H2,1-2H3. The number of hydrogen-bond acceptors (Lipinski definition) is 5. The lowest BCUT2D eigenvalue weighted by Gasteiger charge is -2.10. The number of aldehydes is 1. The van der Waals surface area contributed by atoms with Gasteiger partial charge in [-0.3, -0.25) is 4.79 Å². The third-order valence-electron chi connectivity index (χ3n) is 3.40. The summed E-state index contributed by atoms with van der Waals surface area (Å²) in [6, 6.07) is 7.73. The van der Waals surface area contributed by atoms with Crippen LogP contribution in [-0.4, -0.2) is 38.3 Å². The predicted octanol–water partition coefficient (Wildman–Crippen LogP) is 2.82. The molecule has 0 bridgehead atoms. The summed E-state index contributed by atoms with van der Waals surface area (Å²) in [6.07, 6.45) is 2.04. The zero-order chi connectivity index (χ0) is 17.7. The first kappa shape index (κ1) is 18.1. The van der Waals surface area contributed by atoms with E-state index in [4.69, 9.17) is 4.74 Å². The Morgan fingerprint density at radius 2 is 2.00 bits per heavy atom. The van der Waals surface area contributed by atoms with Crippen molar-refractivity contribution in [2.75, 3.05) is 18.6 Å². The second-order valence-electron chi connectivity index (χ2n) is 5.47. The highest BCUT2D eigenvalue weighted by Crippen LogP contribution is 2.26. The number of benzene rings is 1. The van der Waals surface area contributed by atoms with Crippen LogP contribution in [0.5, 0.6) is 5.88 Å². The fraction of sp³-hybridized carbons (Fsp3) is 0.294. The van der Waals surface area contributed by atoms with Crippen molar-refractivity contribution in [1.82, 2.24) is 4.98 Å². The van der Waals surface area contributed by atoms with E-state index in [0.717, 1.165) is 5.56 Å². The van der Waals surface area contributed by atoms with Gasteiger partial charge in [-0.1, -0.05) is 6.07 Å². The van der Waals surface area contributed by atoms with Gasteiger partial charge in [-0.2, -0.15) is 0 Å².